The molecule has 0 spiro atoms. The molecule has 6 rings (SSSR count). The highest BCUT2D eigenvalue weighted by Crippen LogP contribution is 2.40. The van der Waals surface area contributed by atoms with Gasteiger partial charge in [0.15, 0.2) is 0 Å². The van der Waals surface area contributed by atoms with Crippen molar-refractivity contribution in [2.45, 2.75) is 41.0 Å². The van der Waals surface area contributed by atoms with Gasteiger partial charge in [0.05, 0.1) is 0 Å². The molecule has 6 aromatic carbocycles. The molecule has 0 saturated carbocycles. The first-order valence-corrected chi connectivity index (χ1v) is 16.1. The third-order valence-corrected chi connectivity index (χ3v) is 8.76. The van der Waals surface area contributed by atoms with Gasteiger partial charge in [-0.3, -0.25) is 0 Å². The van der Waals surface area contributed by atoms with Crippen molar-refractivity contribution in [3.05, 3.63) is 173 Å². The van der Waals surface area contributed by atoms with Crippen LogP contribution in [0.2, 0.25) is 0 Å². The smallest absolute Gasteiger partial charge is 0.0490 e. The van der Waals surface area contributed by atoms with Gasteiger partial charge in [-0.15, -0.1) is 0 Å². The average molecular weight is 599 g/mol. The van der Waals surface area contributed by atoms with Crippen LogP contribution in [0.5, 0.6) is 0 Å². The average Bonchev–Trinajstić information content (AvgIpc) is 3.08. The maximum absolute atomic E-state index is 3.93. The van der Waals surface area contributed by atoms with Crippen molar-refractivity contribution >= 4 is 40.2 Å². The molecular weight excluding hydrogens is 556 g/mol. The summed E-state index contributed by atoms with van der Waals surface area (Å²) in [6.07, 6.45) is 2.91. The predicted molar refractivity (Wildman–Crippen MR) is 200 cm³/mol. The largest absolute Gasteiger partial charge is 0.310 e. The second-order valence-corrected chi connectivity index (χ2v) is 12.2. The van der Waals surface area contributed by atoms with Gasteiger partial charge in [0.25, 0.3) is 0 Å². The molecular formula is C44H42N2. The van der Waals surface area contributed by atoms with Crippen molar-refractivity contribution in [3.63, 3.8) is 0 Å². The Morgan fingerprint density at radius 1 is 0.478 bits per heavy atom. The monoisotopic (exact) mass is 598 g/mol. The van der Waals surface area contributed by atoms with Gasteiger partial charge in [0, 0.05) is 34.1 Å². The second kappa shape index (κ2) is 13.3. The van der Waals surface area contributed by atoms with Gasteiger partial charge in [-0.05, 0) is 128 Å². The Morgan fingerprint density at radius 3 is 1.20 bits per heavy atom. The molecule has 0 amide bonds. The van der Waals surface area contributed by atoms with Gasteiger partial charge >= 0.3 is 0 Å². The molecule has 2 nitrogen and oxygen atoms in total. The molecule has 0 atom stereocenters. The summed E-state index contributed by atoms with van der Waals surface area (Å²) in [5.41, 5.74) is 16.8. The van der Waals surface area contributed by atoms with Crippen LogP contribution in [0.1, 0.15) is 40.3 Å². The van der Waals surface area contributed by atoms with E-state index in [1.165, 1.54) is 50.3 Å². The number of anilines is 6. The summed E-state index contributed by atoms with van der Waals surface area (Å²) in [6.45, 7) is 14.8. The Morgan fingerprint density at radius 2 is 0.848 bits per heavy atom. The minimum absolute atomic E-state index is 1.03. The standard InChI is InChI=1S/C44H42N2/c1-7-35-11-19-39(20-12-35)45(43-27-9-31(3)29-33(43)5)41-23-15-37(16-24-41)38-17-25-42(26-18-38)46(40-21-13-36(8-2)14-22-40)44-28-10-32(4)30-34(44)6/h7,9-30H,1,8H2,2-6H3. The minimum atomic E-state index is 1.03. The summed E-state index contributed by atoms with van der Waals surface area (Å²) in [4.78, 5) is 4.70. The molecule has 6 aromatic rings. The van der Waals surface area contributed by atoms with Crippen molar-refractivity contribution in [2.24, 2.45) is 0 Å². The first-order chi connectivity index (χ1) is 22.3. The molecule has 0 aliphatic rings. The van der Waals surface area contributed by atoms with E-state index in [0.29, 0.717) is 0 Å². The zero-order valence-corrected chi connectivity index (χ0v) is 27.6. The SMILES string of the molecule is C=Cc1ccc(N(c2ccc(-c3ccc(N(c4ccc(CC)cc4)c4ccc(C)cc4C)cc3)cc2)c2ccc(C)cc2C)cc1. The molecule has 0 radical (unpaired) electrons. The number of aryl methyl sites for hydroxylation is 5. The lowest BCUT2D eigenvalue weighted by Crippen LogP contribution is -2.11. The summed E-state index contributed by atoms with van der Waals surface area (Å²) < 4.78 is 0. The Kier molecular flexibility index (Phi) is 8.90. The number of benzene rings is 6. The highest BCUT2D eigenvalue weighted by Gasteiger charge is 2.17. The van der Waals surface area contributed by atoms with Crippen molar-refractivity contribution in [3.8, 4) is 11.1 Å². The number of hydrogen-bond acceptors (Lipinski definition) is 2. The van der Waals surface area contributed by atoms with Crippen molar-refractivity contribution in [1.29, 1.82) is 0 Å². The van der Waals surface area contributed by atoms with Crippen LogP contribution in [-0.2, 0) is 6.42 Å². The Labute approximate surface area is 274 Å². The highest BCUT2D eigenvalue weighted by molar-refractivity contribution is 5.82. The van der Waals surface area contributed by atoms with Crippen LogP contribution in [0.15, 0.2) is 140 Å². The Balaban J connectivity index is 1.34. The zero-order chi connectivity index (χ0) is 32.2. The summed E-state index contributed by atoms with van der Waals surface area (Å²) in [7, 11) is 0. The molecule has 0 unspecified atom stereocenters. The number of hydrogen-bond donors (Lipinski definition) is 0. The molecule has 0 aromatic heterocycles. The van der Waals surface area contributed by atoms with Crippen LogP contribution in [0.25, 0.3) is 17.2 Å². The maximum atomic E-state index is 3.93. The summed E-state index contributed by atoms with van der Waals surface area (Å²) >= 11 is 0. The van der Waals surface area contributed by atoms with Gasteiger partial charge in [-0.1, -0.05) is 104 Å². The van der Waals surface area contributed by atoms with E-state index in [4.69, 9.17) is 0 Å². The lowest BCUT2D eigenvalue weighted by atomic mass is 10.0. The normalized spacial score (nSPS) is 10.9. The molecule has 0 aliphatic heterocycles. The summed E-state index contributed by atoms with van der Waals surface area (Å²) in [5.74, 6) is 0. The van der Waals surface area contributed by atoms with Crippen LogP contribution < -0.4 is 9.80 Å². The van der Waals surface area contributed by atoms with E-state index in [9.17, 15) is 0 Å². The van der Waals surface area contributed by atoms with Gasteiger partial charge < -0.3 is 9.80 Å². The van der Waals surface area contributed by atoms with E-state index in [1.54, 1.807) is 0 Å². The van der Waals surface area contributed by atoms with Crippen LogP contribution in [0.4, 0.5) is 34.1 Å². The Bertz CT molecular complexity index is 1950. The van der Waals surface area contributed by atoms with E-state index in [0.717, 1.165) is 34.7 Å². The molecule has 228 valence electrons. The quantitative estimate of drug-likeness (QED) is 0.163. The van der Waals surface area contributed by atoms with Gasteiger partial charge in [0.1, 0.15) is 0 Å². The molecule has 2 heteroatoms. The molecule has 46 heavy (non-hydrogen) atoms. The number of rotatable bonds is 9. The van der Waals surface area contributed by atoms with E-state index in [-0.39, 0.29) is 0 Å². The van der Waals surface area contributed by atoms with Crippen molar-refractivity contribution < 1.29 is 0 Å². The predicted octanol–water partition coefficient (Wildman–Crippen LogP) is 12.7. The first-order valence-electron chi connectivity index (χ1n) is 16.1. The summed E-state index contributed by atoms with van der Waals surface area (Å²) in [6, 6.07) is 48.7. The fourth-order valence-corrected chi connectivity index (χ4v) is 6.21. The third-order valence-electron chi connectivity index (χ3n) is 8.76. The van der Waals surface area contributed by atoms with Gasteiger partial charge in [-0.2, -0.15) is 0 Å². The van der Waals surface area contributed by atoms with Crippen molar-refractivity contribution in [1.82, 2.24) is 0 Å². The maximum Gasteiger partial charge on any atom is 0.0490 e. The highest BCUT2D eigenvalue weighted by atomic mass is 15.1. The van der Waals surface area contributed by atoms with Crippen LogP contribution in [0, 0.1) is 27.7 Å². The molecule has 0 aliphatic carbocycles. The second-order valence-electron chi connectivity index (χ2n) is 12.2. The molecule has 0 fully saturated rings. The third kappa shape index (κ3) is 6.39. The zero-order valence-electron chi connectivity index (χ0n) is 27.6. The van der Waals surface area contributed by atoms with E-state index < -0.39 is 0 Å². The molecule has 0 N–H and O–H groups in total. The van der Waals surface area contributed by atoms with Gasteiger partial charge in [0.2, 0.25) is 0 Å². The van der Waals surface area contributed by atoms with Gasteiger partial charge in [-0.25, -0.2) is 0 Å². The van der Waals surface area contributed by atoms with E-state index in [1.807, 2.05) is 6.08 Å². The Hall–Kier alpha value is -5.34. The van der Waals surface area contributed by atoms with E-state index in [2.05, 4.69) is 184 Å². The summed E-state index contributed by atoms with van der Waals surface area (Å²) in [5, 5.41) is 0. The van der Waals surface area contributed by atoms with Crippen LogP contribution in [-0.4, -0.2) is 0 Å². The van der Waals surface area contributed by atoms with E-state index >= 15 is 0 Å². The fraction of sp³-hybridized carbons (Fsp3) is 0.136. The first kappa shape index (κ1) is 30.7. The minimum Gasteiger partial charge on any atom is -0.310 e. The lowest BCUT2D eigenvalue weighted by molar-refractivity contribution is 1.13. The molecule has 0 saturated heterocycles. The van der Waals surface area contributed by atoms with Crippen LogP contribution in [0.3, 0.4) is 0 Å². The topological polar surface area (TPSA) is 6.48 Å². The van der Waals surface area contributed by atoms with Crippen molar-refractivity contribution in [2.75, 3.05) is 9.80 Å². The molecule has 0 bridgehead atoms. The number of nitrogens with zero attached hydrogens (tertiary/aromatic N) is 2. The fourth-order valence-electron chi connectivity index (χ4n) is 6.21. The van der Waals surface area contributed by atoms with Crippen LogP contribution >= 0.6 is 0 Å². The molecule has 0 heterocycles. The lowest BCUT2D eigenvalue weighted by Gasteiger charge is -2.28.